The smallest absolute Gasteiger partial charge is 0.278 e. The third-order valence-corrected chi connectivity index (χ3v) is 5.90. The number of aliphatic hydroxyl groups is 1. The highest BCUT2D eigenvalue weighted by atomic mass is 16.3. The lowest BCUT2D eigenvalue weighted by Crippen LogP contribution is -2.05. The Morgan fingerprint density at radius 1 is 0.966 bits per heavy atom. The summed E-state index contributed by atoms with van der Waals surface area (Å²) in [6.45, 7) is 0.115. The van der Waals surface area contributed by atoms with Gasteiger partial charge in [0.15, 0.2) is 5.78 Å². The minimum absolute atomic E-state index is 0.00352. The quantitative estimate of drug-likeness (QED) is 0.517. The Hall–Kier alpha value is -3.51. The first-order valence-corrected chi connectivity index (χ1v) is 9.59. The molecule has 0 aliphatic heterocycles. The molecule has 0 saturated heterocycles. The number of allylic oxidation sites excluding steroid dienone is 1. The molecule has 0 unspecified atom stereocenters. The maximum Gasteiger partial charge on any atom is 0.278 e. The largest absolute Gasteiger partial charge is 0.396 e. The number of aliphatic hydroxyl groups excluding tert-OH is 1. The zero-order chi connectivity index (χ0) is 19.7. The van der Waals surface area contributed by atoms with Crippen molar-refractivity contribution in [3.63, 3.8) is 0 Å². The maximum absolute atomic E-state index is 12.7. The van der Waals surface area contributed by atoms with Crippen molar-refractivity contribution in [2.75, 3.05) is 6.61 Å². The van der Waals surface area contributed by atoms with Crippen LogP contribution >= 0.6 is 0 Å². The van der Waals surface area contributed by atoms with Crippen LogP contribution in [0.1, 0.15) is 23.2 Å². The van der Waals surface area contributed by atoms with Crippen molar-refractivity contribution in [2.24, 2.45) is 0 Å². The highest BCUT2D eigenvalue weighted by molar-refractivity contribution is 6.31. The Morgan fingerprint density at radius 3 is 2.72 bits per heavy atom. The Bertz CT molecular complexity index is 1560. The van der Waals surface area contributed by atoms with E-state index in [-0.39, 0.29) is 24.4 Å². The molecule has 0 amide bonds. The summed E-state index contributed by atoms with van der Waals surface area (Å²) < 4.78 is 0. The van der Waals surface area contributed by atoms with Crippen molar-refractivity contribution in [2.45, 2.75) is 19.3 Å². The Balaban J connectivity index is 1.88. The molecule has 2 aromatic carbocycles. The van der Waals surface area contributed by atoms with Crippen molar-refractivity contribution < 1.29 is 9.90 Å². The SMILES string of the molecule is O=C1C=Cc2nc3c4cc(CCCO)c5ccnc5c4c4cnc(=O)c4c3c2C1. The fraction of sp³-hybridized carbons (Fsp3) is 0.174. The van der Waals surface area contributed by atoms with E-state index in [0.717, 1.165) is 61.2 Å². The number of hydrogen-bond acceptors (Lipinski definition) is 6. The van der Waals surface area contributed by atoms with E-state index in [2.05, 4.69) is 16.0 Å². The van der Waals surface area contributed by atoms with Crippen LogP contribution in [-0.4, -0.2) is 32.4 Å². The van der Waals surface area contributed by atoms with Crippen molar-refractivity contribution >= 4 is 55.2 Å². The van der Waals surface area contributed by atoms with Crippen LogP contribution in [0.25, 0.3) is 49.4 Å². The van der Waals surface area contributed by atoms with Crippen LogP contribution in [0.4, 0.5) is 0 Å². The number of nitrogens with zero attached hydrogens (tertiary/aromatic N) is 3. The van der Waals surface area contributed by atoms with Crippen molar-refractivity contribution in [1.29, 1.82) is 0 Å². The molecule has 0 saturated carbocycles. The number of benzene rings is 2. The topological polar surface area (TPSA) is 93.0 Å². The van der Waals surface area contributed by atoms with Gasteiger partial charge in [0.2, 0.25) is 0 Å². The van der Waals surface area contributed by atoms with Gasteiger partial charge in [-0.25, -0.2) is 9.97 Å². The number of hydrogen-bond donors (Lipinski definition) is 1. The van der Waals surface area contributed by atoms with E-state index in [1.807, 2.05) is 6.07 Å². The average molecular weight is 381 g/mol. The summed E-state index contributed by atoms with van der Waals surface area (Å²) in [7, 11) is 0. The third kappa shape index (κ3) is 2.12. The summed E-state index contributed by atoms with van der Waals surface area (Å²) in [6, 6.07) is 4.06. The zero-order valence-corrected chi connectivity index (χ0v) is 15.4. The van der Waals surface area contributed by atoms with Crippen LogP contribution in [-0.2, 0) is 17.6 Å². The lowest BCUT2D eigenvalue weighted by Gasteiger charge is -2.09. The molecular weight excluding hydrogens is 366 g/mol. The Morgan fingerprint density at radius 2 is 1.86 bits per heavy atom. The summed E-state index contributed by atoms with van der Waals surface area (Å²) in [5.41, 5.74) is 3.88. The van der Waals surface area contributed by atoms with E-state index in [4.69, 9.17) is 4.98 Å². The Kier molecular flexibility index (Phi) is 3.26. The lowest BCUT2D eigenvalue weighted by molar-refractivity contribution is -0.114. The van der Waals surface area contributed by atoms with Gasteiger partial charge in [-0.3, -0.25) is 14.6 Å². The van der Waals surface area contributed by atoms with E-state index in [1.165, 1.54) is 0 Å². The summed E-state index contributed by atoms with van der Waals surface area (Å²) >= 11 is 0. The van der Waals surface area contributed by atoms with Gasteiger partial charge in [-0.15, -0.1) is 0 Å². The second-order valence-electron chi connectivity index (χ2n) is 7.52. The maximum atomic E-state index is 12.7. The molecule has 0 fully saturated rings. The molecule has 29 heavy (non-hydrogen) atoms. The molecule has 6 rings (SSSR count). The van der Waals surface area contributed by atoms with E-state index in [0.29, 0.717) is 11.8 Å². The van der Waals surface area contributed by atoms with E-state index in [9.17, 15) is 14.7 Å². The number of ketones is 1. The molecule has 6 heteroatoms. The van der Waals surface area contributed by atoms with Gasteiger partial charge in [0.25, 0.3) is 5.56 Å². The normalized spacial score (nSPS) is 14.0. The molecule has 6 nitrogen and oxygen atoms in total. The number of fused-ring (bicyclic) bond motifs is 10. The summed E-state index contributed by atoms with van der Waals surface area (Å²) in [5.74, 6) is 0.00352. The first-order valence-electron chi connectivity index (χ1n) is 9.59. The van der Waals surface area contributed by atoms with Crippen LogP contribution in [0.3, 0.4) is 0 Å². The van der Waals surface area contributed by atoms with Gasteiger partial charge in [-0.05, 0) is 48.3 Å². The molecule has 1 N–H and O–H groups in total. The Labute approximate surface area is 164 Å². The molecule has 3 heterocycles. The van der Waals surface area contributed by atoms with Crippen LogP contribution < -0.4 is 5.56 Å². The van der Waals surface area contributed by atoms with Gasteiger partial charge in [0.1, 0.15) is 0 Å². The monoisotopic (exact) mass is 381 g/mol. The molecule has 0 spiro atoms. The van der Waals surface area contributed by atoms with Crippen LogP contribution in [0.15, 0.2) is 35.4 Å². The van der Waals surface area contributed by atoms with Crippen LogP contribution in [0.2, 0.25) is 0 Å². The minimum atomic E-state index is -0.298. The fourth-order valence-electron chi connectivity index (χ4n) is 4.68. The first-order chi connectivity index (χ1) is 14.2. The second-order valence-corrected chi connectivity index (χ2v) is 7.52. The second kappa shape index (κ2) is 5.75. The van der Waals surface area contributed by atoms with Gasteiger partial charge < -0.3 is 5.11 Å². The summed E-state index contributed by atoms with van der Waals surface area (Å²) in [4.78, 5) is 38.2. The van der Waals surface area contributed by atoms with Crippen molar-refractivity contribution in [1.82, 2.24) is 15.0 Å². The minimum Gasteiger partial charge on any atom is -0.396 e. The van der Waals surface area contributed by atoms with Gasteiger partial charge in [-0.2, -0.15) is 0 Å². The first kappa shape index (κ1) is 16.4. The van der Waals surface area contributed by atoms with Gasteiger partial charge >= 0.3 is 0 Å². The van der Waals surface area contributed by atoms with E-state index >= 15 is 0 Å². The van der Waals surface area contributed by atoms with E-state index in [1.54, 1.807) is 24.5 Å². The molecule has 1 aliphatic rings. The molecule has 0 atom stereocenters. The molecule has 0 bridgehead atoms. The third-order valence-electron chi connectivity index (χ3n) is 5.90. The number of rotatable bonds is 3. The molecular formula is C23H15N3O3. The predicted octanol–water partition coefficient (Wildman–Crippen LogP) is 2.78. The van der Waals surface area contributed by atoms with Crippen molar-refractivity contribution in [3.8, 4) is 0 Å². The van der Waals surface area contributed by atoms with E-state index < -0.39 is 0 Å². The van der Waals surface area contributed by atoms with Gasteiger partial charge in [0.05, 0.1) is 22.1 Å². The molecule has 5 aromatic rings. The van der Waals surface area contributed by atoms with Gasteiger partial charge in [-0.1, -0.05) is 0 Å². The number of aromatic nitrogens is 3. The fourth-order valence-corrected chi connectivity index (χ4v) is 4.68. The van der Waals surface area contributed by atoms with Gasteiger partial charge in [0, 0.05) is 52.4 Å². The molecule has 140 valence electrons. The van der Waals surface area contributed by atoms with Crippen LogP contribution in [0, 0.1) is 0 Å². The molecule has 3 aromatic heterocycles. The van der Waals surface area contributed by atoms with Crippen LogP contribution in [0.5, 0.6) is 0 Å². The molecule has 1 aliphatic carbocycles. The zero-order valence-electron chi connectivity index (χ0n) is 15.4. The number of carbonyl (C=O) groups excluding carboxylic acids is 1. The highest BCUT2D eigenvalue weighted by Gasteiger charge is 2.25. The standard InChI is InChI=1S/C23H15N3O3/c27-7-1-2-11-8-15-18(21-13(11)5-6-24-21)16-10-25-23(29)20(16)19-14-9-12(28)3-4-17(14)26-22(15)19/h3-6,8,10,27H,1-2,7,9H2. The highest BCUT2D eigenvalue weighted by Crippen LogP contribution is 2.41. The molecule has 0 radical (unpaired) electrons. The number of carbonyl (C=O) groups is 1. The van der Waals surface area contributed by atoms with Crippen molar-refractivity contribution in [3.05, 3.63) is 57.8 Å². The average Bonchev–Trinajstić information content (AvgIpc) is 3.43. The summed E-state index contributed by atoms with van der Waals surface area (Å²) in [6.07, 6.45) is 8.26. The summed E-state index contributed by atoms with van der Waals surface area (Å²) in [5, 5.41) is 14.1. The predicted molar refractivity (Wildman–Crippen MR) is 112 cm³/mol. The lowest BCUT2D eigenvalue weighted by atomic mass is 9.92. The number of aryl methyl sites for hydroxylation is 1.